The molecule has 1 unspecified atom stereocenters. The number of para-hydroxylation sites is 2. The highest BCUT2D eigenvalue weighted by Crippen LogP contribution is 2.31. The average molecular weight is 460 g/mol. The van der Waals surface area contributed by atoms with E-state index in [2.05, 4.69) is 15.3 Å². The first-order valence-corrected chi connectivity index (χ1v) is 12.1. The third-order valence-electron chi connectivity index (χ3n) is 5.33. The highest BCUT2D eigenvalue weighted by Gasteiger charge is 2.33. The van der Waals surface area contributed by atoms with Gasteiger partial charge in [-0.05, 0) is 36.8 Å². The lowest BCUT2D eigenvalue weighted by molar-refractivity contribution is -0.0102. The summed E-state index contributed by atoms with van der Waals surface area (Å²) in [5, 5.41) is 2.72. The van der Waals surface area contributed by atoms with Gasteiger partial charge in [0.15, 0.2) is 11.5 Å². The molecule has 0 aliphatic carbocycles. The second kappa shape index (κ2) is 8.42. The summed E-state index contributed by atoms with van der Waals surface area (Å²) < 4.78 is 47.6. The second-order valence-corrected chi connectivity index (χ2v) is 10.1. The van der Waals surface area contributed by atoms with Crippen molar-refractivity contribution in [2.75, 3.05) is 29.6 Å². The van der Waals surface area contributed by atoms with Crippen molar-refractivity contribution in [1.29, 1.82) is 4.78 Å². The Morgan fingerprint density at radius 1 is 1.09 bits per heavy atom. The van der Waals surface area contributed by atoms with Crippen molar-refractivity contribution in [3.05, 3.63) is 54.2 Å². The summed E-state index contributed by atoms with van der Waals surface area (Å²) in [6.45, 7) is 0.404. The van der Waals surface area contributed by atoms with Gasteiger partial charge in [-0.2, -0.15) is 0 Å². The first-order valence-electron chi connectivity index (χ1n) is 10.2. The van der Waals surface area contributed by atoms with E-state index >= 15 is 0 Å². The van der Waals surface area contributed by atoms with E-state index in [1.54, 1.807) is 47.4 Å². The molecule has 2 heterocycles. The van der Waals surface area contributed by atoms with Gasteiger partial charge in [0.25, 0.3) is 5.91 Å². The molecule has 10 heteroatoms. The molecule has 1 atom stereocenters. The van der Waals surface area contributed by atoms with Crippen molar-refractivity contribution >= 4 is 38.2 Å². The molecule has 0 spiro atoms. The SMILES string of the molecule is CS(=N)(=O)c1cccc(NC(=O)c2nc3ccccc3nc2N2CCCC(F)(F)CC2)c1. The van der Waals surface area contributed by atoms with E-state index in [4.69, 9.17) is 4.78 Å². The van der Waals surface area contributed by atoms with Crippen LogP contribution in [0.1, 0.15) is 29.8 Å². The predicted molar refractivity (Wildman–Crippen MR) is 120 cm³/mol. The van der Waals surface area contributed by atoms with E-state index in [0.29, 0.717) is 23.3 Å². The van der Waals surface area contributed by atoms with Crippen LogP contribution in [-0.2, 0) is 9.73 Å². The molecule has 1 aliphatic heterocycles. The standard InChI is InChI=1S/C22H23F2N5O2S/c1-32(25,31)16-7-4-6-15(14-16)26-21(30)19-20(28-18-9-3-2-8-17(18)27-19)29-12-5-10-22(23,24)11-13-29/h2-4,6-9,14,25H,5,10-13H2,1H3,(H,26,30). The highest BCUT2D eigenvalue weighted by molar-refractivity contribution is 7.91. The van der Waals surface area contributed by atoms with Crippen molar-refractivity contribution in [2.45, 2.75) is 30.1 Å². The number of amides is 1. The molecule has 4 rings (SSSR count). The van der Waals surface area contributed by atoms with Crippen LogP contribution in [0.15, 0.2) is 53.4 Å². The first kappa shape index (κ1) is 22.1. The third-order valence-corrected chi connectivity index (χ3v) is 6.48. The van der Waals surface area contributed by atoms with Crippen LogP contribution in [0.3, 0.4) is 0 Å². The molecule has 0 saturated carbocycles. The fourth-order valence-corrected chi connectivity index (χ4v) is 4.34. The molecule has 1 aliphatic rings. The normalized spacial score (nSPS) is 18.0. The van der Waals surface area contributed by atoms with Gasteiger partial charge in [0.1, 0.15) is 0 Å². The number of halogens is 2. The van der Waals surface area contributed by atoms with Crippen LogP contribution in [-0.4, -0.2) is 45.4 Å². The lowest BCUT2D eigenvalue weighted by atomic mass is 10.1. The van der Waals surface area contributed by atoms with Crippen LogP contribution >= 0.6 is 0 Å². The maximum Gasteiger partial charge on any atom is 0.278 e. The number of alkyl halides is 2. The molecule has 1 amide bonds. The largest absolute Gasteiger partial charge is 0.354 e. The molecule has 0 bridgehead atoms. The molecule has 168 valence electrons. The van der Waals surface area contributed by atoms with E-state index in [1.165, 1.54) is 12.3 Å². The Labute approximate surface area is 184 Å². The Morgan fingerprint density at radius 3 is 2.53 bits per heavy atom. The van der Waals surface area contributed by atoms with Gasteiger partial charge in [-0.1, -0.05) is 18.2 Å². The van der Waals surface area contributed by atoms with Crippen LogP contribution in [0.4, 0.5) is 20.3 Å². The zero-order chi connectivity index (χ0) is 22.9. The topological polar surface area (TPSA) is 99.0 Å². The van der Waals surface area contributed by atoms with Gasteiger partial charge in [0, 0.05) is 42.8 Å². The number of hydrogen-bond donors (Lipinski definition) is 2. The van der Waals surface area contributed by atoms with E-state index in [9.17, 15) is 17.8 Å². The van der Waals surface area contributed by atoms with Crippen molar-refractivity contribution in [1.82, 2.24) is 9.97 Å². The predicted octanol–water partition coefficient (Wildman–Crippen LogP) is 4.54. The molecule has 3 aromatic rings. The molecular formula is C22H23F2N5O2S. The summed E-state index contributed by atoms with van der Waals surface area (Å²) in [4.78, 5) is 24.2. The number of carbonyl (C=O) groups excluding carboxylic acids is 1. The lowest BCUT2D eigenvalue weighted by Gasteiger charge is -2.24. The van der Waals surface area contributed by atoms with Crippen LogP contribution in [0.5, 0.6) is 0 Å². The van der Waals surface area contributed by atoms with Crippen LogP contribution in [0.2, 0.25) is 0 Å². The number of benzene rings is 2. The molecule has 2 N–H and O–H groups in total. The lowest BCUT2D eigenvalue weighted by Crippen LogP contribution is -2.30. The average Bonchev–Trinajstić information content (AvgIpc) is 2.92. The van der Waals surface area contributed by atoms with Gasteiger partial charge in [-0.25, -0.2) is 27.7 Å². The van der Waals surface area contributed by atoms with Gasteiger partial charge < -0.3 is 10.2 Å². The molecule has 1 fully saturated rings. The first-order chi connectivity index (χ1) is 15.1. The molecule has 2 aromatic carbocycles. The van der Waals surface area contributed by atoms with Crippen LogP contribution < -0.4 is 10.2 Å². The Morgan fingerprint density at radius 2 is 1.81 bits per heavy atom. The summed E-state index contributed by atoms with van der Waals surface area (Å²) in [5.41, 5.74) is 1.47. The monoisotopic (exact) mass is 459 g/mol. The van der Waals surface area contributed by atoms with Crippen LogP contribution in [0, 0.1) is 4.78 Å². The zero-order valence-corrected chi connectivity index (χ0v) is 18.3. The second-order valence-electron chi connectivity index (χ2n) is 7.91. The summed E-state index contributed by atoms with van der Waals surface area (Å²) in [6, 6.07) is 13.3. The highest BCUT2D eigenvalue weighted by atomic mass is 32.2. The number of rotatable bonds is 4. The molecule has 0 radical (unpaired) electrons. The van der Waals surface area contributed by atoms with E-state index in [1.807, 2.05) is 0 Å². The number of anilines is 2. The van der Waals surface area contributed by atoms with Crippen molar-refractivity contribution in [3.63, 3.8) is 0 Å². The number of nitrogens with one attached hydrogen (secondary N) is 2. The fraction of sp³-hybridized carbons (Fsp3) is 0.318. The Balaban J connectivity index is 1.72. The molecule has 1 aromatic heterocycles. The van der Waals surface area contributed by atoms with E-state index in [0.717, 1.165) is 0 Å². The van der Waals surface area contributed by atoms with Gasteiger partial charge in [0.2, 0.25) is 5.92 Å². The quantitative estimate of drug-likeness (QED) is 0.597. The minimum absolute atomic E-state index is 0.0300. The van der Waals surface area contributed by atoms with Gasteiger partial charge in [-0.3, -0.25) is 4.79 Å². The van der Waals surface area contributed by atoms with Crippen molar-refractivity contribution < 1.29 is 17.8 Å². The zero-order valence-electron chi connectivity index (χ0n) is 17.5. The molecule has 1 saturated heterocycles. The number of aromatic nitrogens is 2. The van der Waals surface area contributed by atoms with Gasteiger partial charge in [0.05, 0.1) is 20.8 Å². The van der Waals surface area contributed by atoms with Crippen molar-refractivity contribution in [3.8, 4) is 0 Å². The maximum atomic E-state index is 13.9. The Hall–Kier alpha value is -3.14. The number of carbonyl (C=O) groups is 1. The molecule has 7 nitrogen and oxygen atoms in total. The number of hydrogen-bond acceptors (Lipinski definition) is 6. The Bertz CT molecular complexity index is 1280. The summed E-state index contributed by atoms with van der Waals surface area (Å²) in [7, 11) is -2.95. The fourth-order valence-electron chi connectivity index (χ4n) is 3.65. The van der Waals surface area contributed by atoms with Crippen LogP contribution in [0.25, 0.3) is 11.0 Å². The Kier molecular flexibility index (Phi) is 5.81. The van der Waals surface area contributed by atoms with E-state index < -0.39 is 21.6 Å². The summed E-state index contributed by atoms with van der Waals surface area (Å²) >= 11 is 0. The molecule has 32 heavy (non-hydrogen) atoms. The number of fused-ring (bicyclic) bond motifs is 1. The minimum atomic E-state index is -2.95. The third kappa shape index (κ3) is 4.85. The maximum absolute atomic E-state index is 13.9. The summed E-state index contributed by atoms with van der Waals surface area (Å²) in [6.07, 6.45) is 1.05. The molecular weight excluding hydrogens is 436 g/mol. The van der Waals surface area contributed by atoms with Gasteiger partial charge in [-0.15, -0.1) is 0 Å². The van der Waals surface area contributed by atoms with Crippen molar-refractivity contribution in [2.24, 2.45) is 0 Å². The van der Waals surface area contributed by atoms with Gasteiger partial charge >= 0.3 is 0 Å². The summed E-state index contributed by atoms with van der Waals surface area (Å²) in [5.74, 6) is -3.04. The van der Waals surface area contributed by atoms with E-state index in [-0.39, 0.29) is 42.2 Å². The smallest absolute Gasteiger partial charge is 0.278 e. The minimum Gasteiger partial charge on any atom is -0.354 e. The number of nitrogens with zero attached hydrogens (tertiary/aromatic N) is 3.